The van der Waals surface area contributed by atoms with Crippen molar-refractivity contribution in [1.82, 2.24) is 35.6 Å². The molecule has 7 N–H and O–H groups in total. The van der Waals surface area contributed by atoms with Gasteiger partial charge in [0, 0.05) is 142 Å². The molecule has 478 valence electrons. The van der Waals surface area contributed by atoms with E-state index in [9.17, 15) is 47.9 Å². The lowest BCUT2D eigenvalue weighted by molar-refractivity contribution is -0.137. The lowest BCUT2D eigenvalue weighted by Gasteiger charge is -2.31. The number of halogens is 1. The fourth-order valence-electron chi connectivity index (χ4n) is 11.8. The molecule has 0 unspecified atom stereocenters. The summed E-state index contributed by atoms with van der Waals surface area (Å²) in [5.41, 5.74) is 10.8. The van der Waals surface area contributed by atoms with Gasteiger partial charge in [-0.25, -0.2) is 14.4 Å². The zero-order valence-electron chi connectivity index (χ0n) is 50.9. The molecule has 5 heterocycles. The Kier molecular flexibility index (Phi) is 22.6. The van der Waals surface area contributed by atoms with Crippen molar-refractivity contribution < 1.29 is 62.2 Å². The number of carbonyl (C=O) groups is 10. The molecule has 1 saturated heterocycles. The van der Waals surface area contributed by atoms with E-state index in [-0.39, 0.29) is 113 Å². The highest BCUT2D eigenvalue weighted by Crippen LogP contribution is 2.47. The molecule has 0 saturated carbocycles. The maximum Gasteiger partial charge on any atom is 0.415 e. The number of alkyl halides is 1. The summed E-state index contributed by atoms with van der Waals surface area (Å²) in [5, 5.41) is 14.5. The number of aromatic amines is 1. The predicted octanol–water partition coefficient (Wildman–Crippen LogP) is 6.67. The van der Waals surface area contributed by atoms with Crippen LogP contribution in [0.5, 0.6) is 5.75 Å². The number of aromatic nitrogens is 1. The first-order valence-corrected chi connectivity index (χ1v) is 31.8. The number of urea groups is 1. The van der Waals surface area contributed by atoms with Crippen molar-refractivity contribution in [3.63, 3.8) is 0 Å². The van der Waals surface area contributed by atoms with Crippen molar-refractivity contribution in [1.29, 1.82) is 0 Å². The van der Waals surface area contributed by atoms with Crippen LogP contribution in [0.25, 0.3) is 21.7 Å². The molecule has 1 fully saturated rings. The molecule has 24 nitrogen and oxygen atoms in total. The third kappa shape index (κ3) is 16.5. The number of fused-ring (bicyclic) bond motifs is 6. The van der Waals surface area contributed by atoms with Gasteiger partial charge in [-0.3, -0.25) is 43.4 Å². The second kappa shape index (κ2) is 30.8. The van der Waals surface area contributed by atoms with Gasteiger partial charge in [0.25, 0.3) is 17.7 Å². The average Bonchev–Trinajstić information content (AvgIpc) is 1.56. The summed E-state index contributed by atoms with van der Waals surface area (Å²) in [5.74, 6) is -2.59. The minimum absolute atomic E-state index is 0.0163. The number of rotatable bonds is 29. The molecule has 25 heteroatoms. The van der Waals surface area contributed by atoms with Crippen LogP contribution in [0, 0.1) is 11.8 Å². The van der Waals surface area contributed by atoms with Crippen molar-refractivity contribution in [2.24, 2.45) is 17.6 Å². The van der Waals surface area contributed by atoms with E-state index in [1.54, 1.807) is 39.0 Å². The van der Waals surface area contributed by atoms with Crippen molar-refractivity contribution in [2.75, 3.05) is 106 Å². The molecule has 9 rings (SSSR count). The molecule has 5 aromatic rings. The fourth-order valence-corrected chi connectivity index (χ4v) is 12.4. The van der Waals surface area contributed by atoms with Gasteiger partial charge < -0.3 is 60.9 Å². The first-order valence-electron chi connectivity index (χ1n) is 30.6. The number of nitrogens with zero attached hydrogens (tertiary/aromatic N) is 5. The highest BCUT2D eigenvalue weighted by Gasteiger charge is 2.37. The van der Waals surface area contributed by atoms with Crippen LogP contribution in [0.4, 0.5) is 31.4 Å². The number of anilines is 3. The first-order chi connectivity index (χ1) is 43.4. The number of ether oxygens (including phenoxy) is 3. The molecule has 9 amide bonds. The summed E-state index contributed by atoms with van der Waals surface area (Å²) >= 11 is 3.71. The minimum Gasteiger partial charge on any atom is -0.444 e. The Bertz CT molecular complexity index is 3530. The molecule has 4 aliphatic heterocycles. The van der Waals surface area contributed by atoms with Gasteiger partial charge in [0.1, 0.15) is 23.8 Å². The molecule has 4 aromatic carbocycles. The van der Waals surface area contributed by atoms with Gasteiger partial charge in [0.2, 0.25) is 11.8 Å². The number of imide groups is 1. The van der Waals surface area contributed by atoms with Gasteiger partial charge in [-0.15, -0.1) is 0 Å². The smallest absolute Gasteiger partial charge is 0.415 e. The summed E-state index contributed by atoms with van der Waals surface area (Å²) in [6.45, 7) is 8.23. The van der Waals surface area contributed by atoms with E-state index in [1.807, 2.05) is 69.4 Å². The average molecular weight is 1300 g/mol. The number of piperazine rings is 1. The van der Waals surface area contributed by atoms with Crippen LogP contribution >= 0.6 is 15.9 Å². The summed E-state index contributed by atoms with van der Waals surface area (Å²) in [6.07, 6.45) is 3.30. The van der Waals surface area contributed by atoms with Crippen LogP contribution in [0.2, 0.25) is 0 Å². The van der Waals surface area contributed by atoms with E-state index in [2.05, 4.69) is 47.1 Å². The number of nitrogens with one attached hydrogen (secondary N) is 5. The van der Waals surface area contributed by atoms with Crippen LogP contribution in [0.15, 0.2) is 84.9 Å². The number of carbonyl (C=O) groups excluding carboxylic acids is 10. The van der Waals surface area contributed by atoms with E-state index in [4.69, 9.17) is 19.9 Å². The van der Waals surface area contributed by atoms with E-state index < -0.39 is 42.0 Å². The number of likely N-dealkylation sites (N-methyl/N-ethyl adjacent to an activating group) is 1. The Labute approximate surface area is 530 Å². The summed E-state index contributed by atoms with van der Waals surface area (Å²) in [7, 11) is 2.02. The molecule has 0 spiro atoms. The highest BCUT2D eigenvalue weighted by molar-refractivity contribution is 9.09. The predicted molar refractivity (Wildman–Crippen MR) is 342 cm³/mol. The third-order valence-electron chi connectivity index (χ3n) is 16.7. The highest BCUT2D eigenvalue weighted by atomic mass is 79.9. The Hall–Kier alpha value is -8.52. The Morgan fingerprint density at radius 2 is 1.51 bits per heavy atom. The van der Waals surface area contributed by atoms with Gasteiger partial charge >= 0.3 is 18.2 Å². The van der Waals surface area contributed by atoms with Gasteiger partial charge in [-0.2, -0.15) is 0 Å². The summed E-state index contributed by atoms with van der Waals surface area (Å²) in [6, 6.07) is 20.7. The lowest BCUT2D eigenvalue weighted by Crippen LogP contribution is -2.48. The SMILES string of the molecule is CC(C)[C@H](NCCCC(=O)CCOCCNC(=O)CCN1C(=O)C=CC1=O)C(=O)C[C@@H](CCCNC(N)=O)C(=O)Nc1ccc(COC(=O)N2CCc3c2ccc2[nH]c(C(=O)N4C[C@@H](CBr)c5c4cc(OC(=O)N4CCN(C)CC4)c4ccccc54)cc32)cc1. The van der Waals surface area contributed by atoms with Crippen LogP contribution < -0.4 is 41.5 Å². The number of benzene rings is 4. The number of amides is 9. The number of Topliss-reactive ketones (excluding diaryl/α,β-unsaturated/α-hetero) is 2. The zero-order valence-corrected chi connectivity index (χ0v) is 52.5. The maximum absolute atomic E-state index is 14.7. The molecular weight excluding hydrogens is 1220 g/mol. The largest absolute Gasteiger partial charge is 0.444 e. The quantitative estimate of drug-likeness (QED) is 0.0166. The lowest BCUT2D eigenvalue weighted by atomic mass is 9.89. The number of nitrogens with two attached hydrogens (primary N) is 1. The van der Waals surface area contributed by atoms with E-state index in [0.29, 0.717) is 91.4 Å². The van der Waals surface area contributed by atoms with E-state index >= 15 is 0 Å². The molecule has 90 heavy (non-hydrogen) atoms. The topological polar surface area (TPSA) is 305 Å². The number of H-pyrrole nitrogens is 1. The third-order valence-corrected chi connectivity index (χ3v) is 17.5. The number of primary amides is 1. The molecule has 3 atom stereocenters. The van der Waals surface area contributed by atoms with Gasteiger partial charge in [0.15, 0.2) is 5.78 Å². The number of hydrogen-bond acceptors (Lipinski definition) is 15. The Morgan fingerprint density at radius 3 is 2.23 bits per heavy atom. The van der Waals surface area contributed by atoms with Gasteiger partial charge in [0.05, 0.1) is 30.6 Å². The number of hydrogen-bond donors (Lipinski definition) is 6. The standard InChI is InChI=1S/C65H78BrN11O13/c1-40(2)60(69-23-7-9-45(78)22-32-88-33-25-68-56(80)21-27-76-57(81)18-19-58(76)82)54(79)34-42(8-6-24-70-63(67)85)61(83)71-44-14-12-41(13-15-44)39-89-65(87)75-26-20-46-49-35-51(72-50(49)16-17-52(46)75)62(84)77-38-43(37-66)59-48-11-5-4-10-47(48)55(36-53(59)77)90-64(86)74-30-28-73(3)29-31-74/h4-5,10-19,35-36,40,42-43,60,69,72H,6-9,20-34,37-39H2,1-3H3,(H,68,80)(H,71,83)(H3,67,70,85)/t42-,43-,60+/m1/s1. The zero-order chi connectivity index (χ0) is 64.0. The van der Waals surface area contributed by atoms with Gasteiger partial charge in [-0.1, -0.05) is 66.2 Å². The van der Waals surface area contributed by atoms with Crippen molar-refractivity contribution in [3.8, 4) is 5.75 Å². The molecule has 1 aromatic heterocycles. The van der Waals surface area contributed by atoms with Crippen LogP contribution in [0.3, 0.4) is 0 Å². The number of ketones is 2. The second-order valence-electron chi connectivity index (χ2n) is 23.4. The normalized spacial score (nSPS) is 16.2. The molecule has 4 aliphatic rings. The van der Waals surface area contributed by atoms with E-state index in [1.165, 1.54) is 0 Å². The minimum atomic E-state index is -0.756. The molecule has 0 radical (unpaired) electrons. The maximum atomic E-state index is 14.7. The van der Waals surface area contributed by atoms with Crippen LogP contribution in [-0.4, -0.2) is 176 Å². The Balaban J connectivity index is 0.744. The molecular formula is C65H78BrN11O13. The van der Waals surface area contributed by atoms with Crippen molar-refractivity contribution in [3.05, 3.63) is 107 Å². The first kappa shape index (κ1) is 65.9. The van der Waals surface area contributed by atoms with E-state index in [0.717, 1.165) is 62.9 Å². The van der Waals surface area contributed by atoms with Gasteiger partial charge in [-0.05, 0) is 97.6 Å². The second-order valence-corrected chi connectivity index (χ2v) is 24.0. The van der Waals surface area contributed by atoms with Crippen molar-refractivity contribution in [2.45, 2.75) is 83.8 Å². The Morgan fingerprint density at radius 1 is 0.767 bits per heavy atom. The monoisotopic (exact) mass is 1300 g/mol. The fraction of sp³-hybridized carbons (Fsp3) is 0.446. The molecule has 0 aliphatic carbocycles. The summed E-state index contributed by atoms with van der Waals surface area (Å²) in [4.78, 5) is 141. The molecule has 0 bridgehead atoms. The van der Waals surface area contributed by atoms with Crippen LogP contribution in [-0.2, 0) is 51.3 Å². The van der Waals surface area contributed by atoms with Crippen LogP contribution in [0.1, 0.15) is 91.9 Å². The van der Waals surface area contributed by atoms with Crippen molar-refractivity contribution >= 4 is 114 Å². The summed E-state index contributed by atoms with van der Waals surface area (Å²) < 4.78 is 17.4.